The zero-order chi connectivity index (χ0) is 24.6. The van der Waals surface area contributed by atoms with Crippen LogP contribution in [0.3, 0.4) is 0 Å². The highest BCUT2D eigenvalue weighted by molar-refractivity contribution is 9.10. The van der Waals surface area contributed by atoms with Crippen LogP contribution in [0, 0.1) is 5.82 Å². The molecule has 4 rings (SSSR count). The highest BCUT2D eigenvalue weighted by Gasteiger charge is 2.49. The molecular weight excluding hydrogens is 541 g/mol. The van der Waals surface area contributed by atoms with Crippen LogP contribution in [-0.4, -0.2) is 64.9 Å². The van der Waals surface area contributed by atoms with Gasteiger partial charge in [-0.3, -0.25) is 14.7 Å². The molecule has 2 aromatic rings. The zero-order valence-electron chi connectivity index (χ0n) is 17.6. The number of benzene rings is 1. The summed E-state index contributed by atoms with van der Waals surface area (Å²) < 4.78 is 47.2. The monoisotopic (exact) mass is 558 g/mol. The summed E-state index contributed by atoms with van der Waals surface area (Å²) in [5.41, 5.74) is 0.572. The molecule has 2 atom stereocenters. The van der Waals surface area contributed by atoms with Crippen LogP contribution in [0.15, 0.2) is 50.5 Å². The predicted octanol–water partition coefficient (Wildman–Crippen LogP) is 3.36. The smallest absolute Gasteiger partial charge is 0.338 e. The highest BCUT2D eigenvalue weighted by Crippen LogP contribution is 2.38. The minimum atomic E-state index is -3.20. The van der Waals surface area contributed by atoms with E-state index in [1.54, 1.807) is 11.6 Å². The standard InChI is InChI=1S/C21H18BrF3N4O4S/c1-33-20(32)15-13(8-29-9-21(24,25)7-14(29)19(30)31)27-17(18-26-4-5-34-18)28-16(15)11-3-2-10(23)6-12(11)22/h2-6,14,16H,7-9H2,1H3,(H,27,28)(H,30,31). The molecule has 1 saturated heterocycles. The summed E-state index contributed by atoms with van der Waals surface area (Å²) in [5, 5.41) is 14.6. The number of rotatable bonds is 6. The number of carboxylic acid groups (broad SMARTS) is 1. The summed E-state index contributed by atoms with van der Waals surface area (Å²) in [4.78, 5) is 34.4. The fraction of sp³-hybridized carbons (Fsp3) is 0.333. The molecule has 180 valence electrons. The maximum Gasteiger partial charge on any atom is 0.338 e. The molecule has 34 heavy (non-hydrogen) atoms. The van der Waals surface area contributed by atoms with Gasteiger partial charge in [0.25, 0.3) is 5.92 Å². The minimum Gasteiger partial charge on any atom is -0.480 e. The van der Waals surface area contributed by atoms with Crippen molar-refractivity contribution in [2.45, 2.75) is 24.4 Å². The molecule has 0 amide bonds. The van der Waals surface area contributed by atoms with Gasteiger partial charge in [0.05, 0.1) is 19.2 Å². The Labute approximate surface area is 204 Å². The van der Waals surface area contributed by atoms with Gasteiger partial charge in [-0.15, -0.1) is 11.3 Å². The third-order valence-corrected chi connectivity index (χ3v) is 6.90. The fourth-order valence-corrected chi connectivity index (χ4v) is 5.12. The van der Waals surface area contributed by atoms with Crippen molar-refractivity contribution < 1.29 is 32.6 Å². The quantitative estimate of drug-likeness (QED) is 0.524. The van der Waals surface area contributed by atoms with Gasteiger partial charge in [0, 0.05) is 34.7 Å². The van der Waals surface area contributed by atoms with Crippen molar-refractivity contribution in [3.05, 3.63) is 61.9 Å². The van der Waals surface area contributed by atoms with Crippen LogP contribution in [0.5, 0.6) is 0 Å². The van der Waals surface area contributed by atoms with Gasteiger partial charge in [-0.1, -0.05) is 22.0 Å². The van der Waals surface area contributed by atoms with Gasteiger partial charge >= 0.3 is 11.9 Å². The van der Waals surface area contributed by atoms with Crippen LogP contribution < -0.4 is 5.32 Å². The molecule has 3 heterocycles. The van der Waals surface area contributed by atoms with Crippen molar-refractivity contribution in [1.29, 1.82) is 0 Å². The van der Waals surface area contributed by atoms with Crippen molar-refractivity contribution >= 4 is 45.0 Å². The Kier molecular flexibility index (Phi) is 6.78. The lowest BCUT2D eigenvalue weighted by Crippen LogP contribution is -2.43. The van der Waals surface area contributed by atoms with Crippen molar-refractivity contribution in [3.63, 3.8) is 0 Å². The van der Waals surface area contributed by atoms with Crippen LogP contribution in [0.2, 0.25) is 0 Å². The Balaban J connectivity index is 1.84. The molecule has 8 nitrogen and oxygen atoms in total. The summed E-state index contributed by atoms with van der Waals surface area (Å²) in [6.07, 6.45) is 0.706. The molecule has 0 spiro atoms. The Morgan fingerprint density at radius 1 is 1.41 bits per heavy atom. The predicted molar refractivity (Wildman–Crippen MR) is 120 cm³/mol. The molecule has 0 bridgehead atoms. The number of thiazole rings is 1. The van der Waals surface area contributed by atoms with Gasteiger partial charge in [-0.25, -0.2) is 22.9 Å². The molecule has 2 aliphatic heterocycles. The van der Waals surface area contributed by atoms with E-state index in [1.807, 2.05) is 0 Å². The number of methoxy groups -OCH3 is 1. The number of aromatic nitrogens is 1. The molecule has 2 aliphatic rings. The van der Waals surface area contributed by atoms with E-state index >= 15 is 0 Å². The number of hydrogen-bond acceptors (Lipinski definition) is 8. The van der Waals surface area contributed by atoms with Gasteiger partial charge in [0.15, 0.2) is 10.8 Å². The number of nitrogens with zero attached hydrogens (tertiary/aromatic N) is 3. The number of likely N-dealkylation sites (tertiary alicyclic amines) is 1. The van der Waals surface area contributed by atoms with Crippen LogP contribution in [0.25, 0.3) is 0 Å². The Hall–Kier alpha value is -2.77. The number of carbonyl (C=O) groups excluding carboxylic acids is 1. The third-order valence-electron chi connectivity index (χ3n) is 5.44. The molecule has 0 saturated carbocycles. The average molecular weight is 559 g/mol. The van der Waals surface area contributed by atoms with Crippen molar-refractivity contribution in [3.8, 4) is 0 Å². The lowest BCUT2D eigenvalue weighted by Gasteiger charge is -2.30. The van der Waals surface area contributed by atoms with E-state index in [-0.39, 0.29) is 23.7 Å². The van der Waals surface area contributed by atoms with Crippen LogP contribution in [-0.2, 0) is 14.3 Å². The molecule has 2 N–H and O–H groups in total. The maximum atomic E-state index is 14.1. The van der Waals surface area contributed by atoms with E-state index in [0.29, 0.717) is 15.0 Å². The number of carboxylic acids is 1. The number of amidine groups is 1. The second kappa shape index (κ2) is 9.47. The summed E-state index contributed by atoms with van der Waals surface area (Å²) in [6.45, 7) is -1.10. The average Bonchev–Trinajstić information content (AvgIpc) is 3.40. The highest BCUT2D eigenvalue weighted by atomic mass is 79.9. The van der Waals surface area contributed by atoms with E-state index in [9.17, 15) is 27.9 Å². The maximum absolute atomic E-state index is 14.1. The summed E-state index contributed by atoms with van der Waals surface area (Å²) in [6, 6.07) is 1.43. The number of aliphatic carboxylic acids is 1. The first-order valence-electron chi connectivity index (χ1n) is 9.95. The second-order valence-electron chi connectivity index (χ2n) is 7.71. The number of nitrogens with one attached hydrogen (secondary N) is 1. The van der Waals surface area contributed by atoms with Gasteiger partial charge < -0.3 is 15.2 Å². The number of halogens is 4. The molecule has 13 heteroatoms. The number of ether oxygens (including phenoxy) is 1. The normalized spacial score (nSPS) is 22.3. The van der Waals surface area contributed by atoms with Crippen molar-refractivity contribution in [2.75, 3.05) is 20.2 Å². The van der Waals surface area contributed by atoms with Crippen LogP contribution >= 0.6 is 27.3 Å². The third kappa shape index (κ3) is 4.86. The Morgan fingerprint density at radius 2 is 2.18 bits per heavy atom. The zero-order valence-corrected chi connectivity index (χ0v) is 20.0. The fourth-order valence-electron chi connectivity index (χ4n) is 3.96. The summed E-state index contributed by atoms with van der Waals surface area (Å²) in [5.74, 6) is -5.63. The number of alkyl halides is 2. The van der Waals surface area contributed by atoms with Crippen LogP contribution in [0.1, 0.15) is 23.0 Å². The minimum absolute atomic E-state index is 0.00512. The van der Waals surface area contributed by atoms with Gasteiger partial charge in [-0.05, 0) is 17.7 Å². The van der Waals surface area contributed by atoms with Gasteiger partial charge in [0.2, 0.25) is 0 Å². The number of esters is 1. The van der Waals surface area contributed by atoms with Crippen molar-refractivity contribution in [2.24, 2.45) is 4.99 Å². The number of aliphatic imine (C=N–C) groups is 1. The molecule has 1 aromatic heterocycles. The lowest BCUT2D eigenvalue weighted by atomic mass is 9.95. The summed E-state index contributed by atoms with van der Waals surface area (Å²) >= 11 is 4.55. The van der Waals surface area contributed by atoms with E-state index in [2.05, 4.69) is 31.2 Å². The second-order valence-corrected chi connectivity index (χ2v) is 9.46. The number of hydrogen-bond donors (Lipinski definition) is 2. The molecule has 0 radical (unpaired) electrons. The topological polar surface area (TPSA) is 104 Å². The van der Waals surface area contributed by atoms with Gasteiger partial charge in [-0.2, -0.15) is 0 Å². The Morgan fingerprint density at radius 3 is 2.79 bits per heavy atom. The van der Waals surface area contributed by atoms with E-state index in [1.165, 1.54) is 29.5 Å². The largest absolute Gasteiger partial charge is 0.480 e. The van der Waals surface area contributed by atoms with E-state index in [0.717, 1.165) is 12.0 Å². The number of carbonyl (C=O) groups is 2. The molecule has 0 aliphatic carbocycles. The van der Waals surface area contributed by atoms with E-state index < -0.39 is 48.7 Å². The molecular formula is C21H18BrF3N4O4S. The first-order valence-corrected chi connectivity index (χ1v) is 11.6. The summed E-state index contributed by atoms with van der Waals surface area (Å²) in [7, 11) is 1.16. The van der Waals surface area contributed by atoms with Gasteiger partial charge in [0.1, 0.15) is 17.9 Å². The molecule has 1 aromatic carbocycles. The lowest BCUT2D eigenvalue weighted by molar-refractivity contribution is -0.142. The first-order chi connectivity index (χ1) is 16.1. The van der Waals surface area contributed by atoms with E-state index in [4.69, 9.17) is 4.74 Å². The SMILES string of the molecule is COC(=O)C1=C(CN2CC(F)(F)CC2C(=O)O)NC(c2nccs2)=NC1c1ccc(F)cc1Br. The molecule has 1 fully saturated rings. The Bertz CT molecular complexity index is 1190. The van der Waals surface area contributed by atoms with Crippen LogP contribution in [0.4, 0.5) is 13.2 Å². The molecule has 2 unspecified atom stereocenters. The van der Waals surface area contributed by atoms with Crippen molar-refractivity contribution in [1.82, 2.24) is 15.2 Å². The first kappa shape index (κ1) is 24.4.